The van der Waals surface area contributed by atoms with Gasteiger partial charge >= 0.3 is 7.12 Å². The van der Waals surface area contributed by atoms with E-state index in [1.807, 2.05) is 223 Å². The predicted octanol–water partition coefficient (Wildman–Crippen LogP) is 18.1. The number of carbonyl (C=O) groups excluding carboxylic acids is 2. The minimum absolute atomic E-state index is 0.332. The third kappa shape index (κ3) is 18.6. The molecular weight excluding hydrogens is 1600 g/mol. The van der Waals surface area contributed by atoms with E-state index in [4.69, 9.17) is 35.9 Å². The van der Waals surface area contributed by atoms with Crippen LogP contribution in [0.1, 0.15) is 108 Å². The summed E-state index contributed by atoms with van der Waals surface area (Å²) in [4.78, 5) is 79.8. The van der Waals surface area contributed by atoms with Crippen LogP contribution in [-0.2, 0) is 15.9 Å². The number of aryl methyl sites for hydroxylation is 3. The third-order valence-electron chi connectivity index (χ3n) is 23.8. The molecule has 127 heavy (non-hydrogen) atoms. The predicted molar refractivity (Wildman–Crippen MR) is 504 cm³/mol. The van der Waals surface area contributed by atoms with Crippen LogP contribution < -0.4 is 10.8 Å². The minimum atomic E-state index is -0.360. The van der Waals surface area contributed by atoms with Crippen LogP contribution in [-0.4, -0.2) is 167 Å². The lowest BCUT2D eigenvalue weighted by molar-refractivity contribution is 0.00578. The van der Waals surface area contributed by atoms with Crippen molar-refractivity contribution in [1.29, 1.82) is 0 Å². The first kappa shape index (κ1) is 83.8. The Morgan fingerprint density at radius 3 is 1.26 bits per heavy atom. The van der Waals surface area contributed by atoms with Crippen molar-refractivity contribution in [3.05, 3.63) is 318 Å². The number of amidine groups is 2. The third-order valence-corrected chi connectivity index (χ3v) is 24.1. The fourth-order valence-electron chi connectivity index (χ4n) is 16.3. The summed E-state index contributed by atoms with van der Waals surface area (Å²) in [6.45, 7) is 20.7. The number of aliphatic imine (C=N–C) groups is 4. The summed E-state index contributed by atoms with van der Waals surface area (Å²) in [5.74, 6) is 2.69. The van der Waals surface area contributed by atoms with E-state index in [0.29, 0.717) is 34.7 Å². The Kier molecular flexibility index (Phi) is 24.4. The number of fused-ring (bicyclic) bond motifs is 9. The average Bonchev–Trinajstić information content (AvgIpc) is 1.38. The minimum Gasteiger partial charge on any atom is -0.399 e. The van der Waals surface area contributed by atoms with E-state index in [1.165, 1.54) is 29.8 Å². The summed E-state index contributed by atoms with van der Waals surface area (Å²) in [5.41, 5.74) is 24.5. The van der Waals surface area contributed by atoms with Crippen LogP contribution in [0.5, 0.6) is 0 Å². The molecule has 26 heteroatoms. The van der Waals surface area contributed by atoms with Gasteiger partial charge in [-0.05, 0) is 171 Å². The Morgan fingerprint density at radius 1 is 0.441 bits per heavy atom. The summed E-state index contributed by atoms with van der Waals surface area (Å²) in [5, 5.41) is 20.3. The van der Waals surface area contributed by atoms with Crippen LogP contribution in [0.2, 0.25) is 5.15 Å². The number of aldehydes is 2. The van der Waals surface area contributed by atoms with Crippen molar-refractivity contribution in [2.75, 3.05) is 39.3 Å². The molecule has 0 amide bonds. The molecule has 630 valence electrons. The van der Waals surface area contributed by atoms with Crippen molar-refractivity contribution < 1.29 is 18.9 Å². The Morgan fingerprint density at radius 2 is 0.835 bits per heavy atom. The topological polar surface area (TPSA) is 272 Å². The van der Waals surface area contributed by atoms with Crippen molar-refractivity contribution in [2.45, 2.75) is 91.9 Å². The molecule has 3 fully saturated rings. The van der Waals surface area contributed by atoms with Gasteiger partial charge in [-0.25, -0.2) is 39.9 Å². The molecule has 17 aromatic rings. The SMILES string of the molecule is CC1(C)OB(c2ccc(C=O)cc2)OC1(C)C.Cc1cc2ncc3cc(-c4ccccc4)c(-c4ccc(C=O)cc4)nc3n2n1.Cc1cc2ncc3cc(-c4ccccc4)c(-c4ccc(CN5CCC(C6=NC(c7ccccn7)=NC6)CC5)cc4)nc3n2n1.Cc1cc2ncc3cc(-c4ccccc4)c(Cl)nc3n2n1.c1ccc(C2=NCC(C3CCNCC3)=N2)nc1. The maximum Gasteiger partial charge on any atom is 0.494 e. The van der Waals surface area contributed by atoms with Crippen molar-refractivity contribution >= 4 is 110 Å². The number of pyridine rings is 5. The number of halogens is 1. The summed E-state index contributed by atoms with van der Waals surface area (Å²) in [6, 6.07) is 78.1. The van der Waals surface area contributed by atoms with E-state index in [2.05, 4.69) is 143 Å². The molecular formula is C101H92BClN20O4. The number of benzene rings is 6. The van der Waals surface area contributed by atoms with E-state index >= 15 is 0 Å². The lowest BCUT2D eigenvalue weighted by atomic mass is 9.79. The molecule has 24 nitrogen and oxygen atoms in total. The lowest BCUT2D eigenvalue weighted by Gasteiger charge is -2.32. The van der Waals surface area contributed by atoms with Gasteiger partial charge in [0.05, 0.1) is 52.8 Å². The molecule has 5 aliphatic heterocycles. The fraction of sp³-hybridized carbons (Fsp3) is 0.218. The maximum absolute atomic E-state index is 11.0. The van der Waals surface area contributed by atoms with E-state index in [-0.39, 0.29) is 18.3 Å². The Labute approximate surface area is 740 Å². The second kappa shape index (κ2) is 37.0. The number of rotatable bonds is 14. The van der Waals surface area contributed by atoms with Gasteiger partial charge < -0.3 is 14.6 Å². The van der Waals surface area contributed by atoms with Crippen LogP contribution in [0.15, 0.2) is 288 Å². The second-order valence-corrected chi connectivity index (χ2v) is 33.5. The lowest BCUT2D eigenvalue weighted by Crippen LogP contribution is -2.41. The first-order chi connectivity index (χ1) is 61.9. The summed E-state index contributed by atoms with van der Waals surface area (Å²) in [7, 11) is -0.360. The standard InChI is InChI=1S/C36H32N8.C23H16N4O.C16H11ClN4.C13H17BO3.C13H16N4/c1-24-19-33-38-21-29-20-30(26-7-3-2-4-8-26)34(41-36(29)44(33)42-24)28-12-10-25(11-13-28)23-43-17-14-27(15-18-43)32-22-39-35(40-32)31-9-5-6-16-37-31;1-15-11-21-24-13-19-12-20(17-5-3-2-4-6-17)22(25-23(19)27(21)26-15)18-9-7-16(14-28)8-10-18;1-10-7-14-18-9-12-8-13(11-5-3-2-4-6-11)15(17)19-16(12)21(14)20-10;1-12(2)13(3,4)17-14(16-12)11-7-5-10(9-15)6-8-11;1-2-6-15-11(3-1)13-16-9-12(17-13)10-4-7-14-8-5-10/h2-13,16,19-21,27H,14-15,17-18,22-23H2,1H3;2-14H,1H3;2-9H,1H3;5-9H,1-4H3;1-3,6,10,14H,4-5,7-9H2. The molecule has 16 heterocycles. The van der Waals surface area contributed by atoms with Crippen molar-refractivity contribution in [1.82, 2.24) is 78.9 Å². The summed E-state index contributed by atoms with van der Waals surface area (Å²) >= 11 is 6.37. The smallest absolute Gasteiger partial charge is 0.399 e. The molecule has 11 aromatic heterocycles. The summed E-state index contributed by atoms with van der Waals surface area (Å²) in [6.07, 6.45) is 15.4. The normalized spacial score (nSPS) is 15.6. The highest BCUT2D eigenvalue weighted by atomic mass is 35.5. The number of nitrogens with one attached hydrogen (secondary N) is 1. The van der Waals surface area contributed by atoms with Crippen molar-refractivity contribution in [3.8, 4) is 55.9 Å². The van der Waals surface area contributed by atoms with Gasteiger partial charge in [0.15, 0.2) is 45.6 Å². The van der Waals surface area contributed by atoms with E-state index in [9.17, 15) is 9.59 Å². The van der Waals surface area contributed by atoms with E-state index in [1.54, 1.807) is 33.6 Å². The van der Waals surface area contributed by atoms with Crippen molar-refractivity contribution in [2.24, 2.45) is 31.8 Å². The van der Waals surface area contributed by atoms with Gasteiger partial charge in [-0.2, -0.15) is 28.8 Å². The molecule has 5 aliphatic rings. The van der Waals surface area contributed by atoms with Gasteiger partial charge in [0.2, 0.25) is 0 Å². The molecule has 0 bridgehead atoms. The number of aromatic nitrogens is 14. The average molecular weight is 1700 g/mol. The van der Waals surface area contributed by atoms with Crippen LogP contribution in [0.25, 0.3) is 106 Å². The quantitative estimate of drug-likeness (QED) is 0.0602. The zero-order chi connectivity index (χ0) is 87.1. The van der Waals surface area contributed by atoms with E-state index < -0.39 is 0 Å². The molecule has 0 atom stereocenters. The van der Waals surface area contributed by atoms with Gasteiger partial charge in [0, 0.05) is 134 Å². The zero-order valence-corrected chi connectivity index (χ0v) is 72.3. The molecule has 0 aliphatic carbocycles. The van der Waals surface area contributed by atoms with Gasteiger partial charge in [-0.15, -0.1) is 0 Å². The highest BCUT2D eigenvalue weighted by Crippen LogP contribution is 2.39. The number of hydrogen-bond donors (Lipinski definition) is 1. The first-order valence-electron chi connectivity index (χ1n) is 42.8. The number of hydrogen-bond acceptors (Lipinski definition) is 21. The molecule has 0 saturated carbocycles. The largest absolute Gasteiger partial charge is 0.494 e. The van der Waals surface area contributed by atoms with Gasteiger partial charge in [-0.3, -0.25) is 34.4 Å². The Bertz CT molecular complexity index is 6990. The zero-order valence-electron chi connectivity index (χ0n) is 71.6. The highest BCUT2D eigenvalue weighted by Gasteiger charge is 2.51. The van der Waals surface area contributed by atoms with E-state index in [0.717, 1.165) is 216 Å². The van der Waals surface area contributed by atoms with Crippen LogP contribution in [0, 0.1) is 32.6 Å². The Balaban J connectivity index is 0.000000114. The maximum atomic E-state index is 11.0. The van der Waals surface area contributed by atoms with Gasteiger partial charge in [0.1, 0.15) is 29.1 Å². The number of carbonyl (C=O) groups is 2. The van der Waals surface area contributed by atoms with Gasteiger partial charge in [0.25, 0.3) is 0 Å². The molecule has 0 unspecified atom stereocenters. The van der Waals surface area contributed by atoms with Crippen molar-refractivity contribution in [3.63, 3.8) is 0 Å². The molecule has 1 N–H and O–H groups in total. The molecule has 0 spiro atoms. The number of likely N-dealkylation sites (tertiary alicyclic amines) is 1. The molecule has 0 radical (unpaired) electrons. The summed E-state index contributed by atoms with van der Waals surface area (Å²) < 4.78 is 17.2. The van der Waals surface area contributed by atoms with Gasteiger partial charge in [-0.1, -0.05) is 188 Å². The van der Waals surface area contributed by atoms with Crippen LogP contribution in [0.3, 0.4) is 0 Å². The first-order valence-corrected chi connectivity index (χ1v) is 43.2. The van der Waals surface area contributed by atoms with Crippen LogP contribution >= 0.6 is 11.6 Å². The molecule has 3 saturated heterocycles. The highest BCUT2D eigenvalue weighted by molar-refractivity contribution is 6.62. The second-order valence-electron chi connectivity index (χ2n) is 33.2. The Hall–Kier alpha value is -14.1. The van der Waals surface area contributed by atoms with Crippen LogP contribution in [0.4, 0.5) is 0 Å². The number of nitrogens with zero attached hydrogens (tertiary/aromatic N) is 19. The fourth-order valence-corrected chi connectivity index (χ4v) is 16.6. The monoisotopic (exact) mass is 1690 g/mol. The molecule has 22 rings (SSSR count). The number of piperidine rings is 2. The molecule has 6 aromatic carbocycles.